The van der Waals surface area contributed by atoms with Gasteiger partial charge in [-0.05, 0) is 45.9 Å². The zero-order valence-electron chi connectivity index (χ0n) is 29.7. The van der Waals surface area contributed by atoms with Crippen molar-refractivity contribution in [2.45, 2.75) is 45.4 Å². The highest BCUT2D eigenvalue weighted by Crippen LogP contribution is 2.49. The normalized spacial score (nSPS) is 16.9. The molecule has 16 heteroatoms. The molecule has 0 bridgehead atoms. The Kier molecular flexibility index (Phi) is 7.95. The van der Waals surface area contributed by atoms with Gasteiger partial charge in [0.2, 0.25) is 0 Å². The molecular weight excluding hydrogens is 657 g/mol. The van der Waals surface area contributed by atoms with Crippen molar-refractivity contribution in [1.29, 1.82) is 0 Å². The number of para-hydroxylation sites is 1. The number of aryl methyl sites for hydroxylation is 3. The quantitative estimate of drug-likeness (QED) is 0.170. The molecule has 1 fully saturated rings. The van der Waals surface area contributed by atoms with Crippen LogP contribution in [0.5, 0.6) is 0 Å². The van der Waals surface area contributed by atoms with Crippen molar-refractivity contribution in [3.05, 3.63) is 95.1 Å². The maximum absolute atomic E-state index is 12.2. The maximum Gasteiger partial charge on any atom is 0.269 e. The third-order valence-corrected chi connectivity index (χ3v) is 9.80. The van der Waals surface area contributed by atoms with Gasteiger partial charge >= 0.3 is 0 Å². The van der Waals surface area contributed by atoms with Crippen molar-refractivity contribution in [1.82, 2.24) is 49.5 Å². The Labute approximate surface area is 301 Å². The number of likely N-dealkylation sites (tertiary alicyclic amines) is 1. The van der Waals surface area contributed by atoms with Gasteiger partial charge in [0, 0.05) is 62.2 Å². The van der Waals surface area contributed by atoms with E-state index >= 15 is 0 Å². The van der Waals surface area contributed by atoms with Crippen molar-refractivity contribution in [3.63, 3.8) is 0 Å². The molecule has 2 radical (unpaired) electrons. The van der Waals surface area contributed by atoms with Crippen LogP contribution in [0.25, 0.3) is 16.8 Å². The Hall–Kier alpha value is -5.87. The molecule has 0 spiro atoms. The SMILES string of the molecule is [B]C(O)(c1cccc(C(=O)NC)n1)N1CC(n2ncc3c2C(C)N(C)c2c(Nc4cc(Nc5cc(C)nc(C)n5)nc5cc(C)nn45)cccc2-3)C1. The minimum atomic E-state index is -1.85. The average molecular weight is 696 g/mol. The van der Waals surface area contributed by atoms with Crippen LogP contribution < -0.4 is 20.9 Å². The number of hydrogen-bond acceptors (Lipinski definition) is 12. The van der Waals surface area contributed by atoms with E-state index in [0.29, 0.717) is 36.2 Å². The number of amides is 1. The third kappa shape index (κ3) is 5.60. The molecule has 0 saturated carbocycles. The molecule has 2 aliphatic rings. The largest absolute Gasteiger partial charge is 0.379 e. The summed E-state index contributed by atoms with van der Waals surface area (Å²) in [5.74, 6) is 2.34. The van der Waals surface area contributed by atoms with Crippen LogP contribution in [0.1, 0.15) is 58.1 Å². The van der Waals surface area contributed by atoms with E-state index in [0.717, 1.165) is 45.4 Å². The highest BCUT2D eigenvalue weighted by Gasteiger charge is 2.44. The number of carbonyl (C=O) groups excluding carboxylic acids is 1. The van der Waals surface area contributed by atoms with Gasteiger partial charge in [0.15, 0.2) is 5.65 Å². The van der Waals surface area contributed by atoms with E-state index in [9.17, 15) is 9.90 Å². The minimum Gasteiger partial charge on any atom is -0.379 e. The Balaban J connectivity index is 1.09. The summed E-state index contributed by atoms with van der Waals surface area (Å²) < 4.78 is 3.85. The first-order valence-corrected chi connectivity index (χ1v) is 17.0. The van der Waals surface area contributed by atoms with Crippen LogP contribution in [0.3, 0.4) is 0 Å². The summed E-state index contributed by atoms with van der Waals surface area (Å²) in [5, 5.41) is 30.5. The molecular formula is C36H38BN13O2. The maximum atomic E-state index is 12.2. The Morgan fingerprint density at radius 2 is 1.71 bits per heavy atom. The number of hydrogen-bond donors (Lipinski definition) is 4. The highest BCUT2D eigenvalue weighted by molar-refractivity contribution is 6.14. The third-order valence-electron chi connectivity index (χ3n) is 9.80. The van der Waals surface area contributed by atoms with Crippen molar-refractivity contribution < 1.29 is 9.90 Å². The predicted molar refractivity (Wildman–Crippen MR) is 198 cm³/mol. The smallest absolute Gasteiger partial charge is 0.269 e. The highest BCUT2D eigenvalue weighted by atomic mass is 16.3. The summed E-state index contributed by atoms with van der Waals surface area (Å²) >= 11 is 0. The van der Waals surface area contributed by atoms with Crippen LogP contribution in [-0.2, 0) is 5.62 Å². The van der Waals surface area contributed by atoms with Crippen molar-refractivity contribution in [2.75, 3.05) is 42.7 Å². The molecule has 6 aromatic rings. The van der Waals surface area contributed by atoms with Gasteiger partial charge in [-0.25, -0.2) is 19.9 Å². The number of nitrogens with one attached hydrogen (secondary N) is 3. The van der Waals surface area contributed by atoms with Crippen LogP contribution in [0.15, 0.2) is 60.8 Å². The molecule has 1 aromatic carbocycles. The summed E-state index contributed by atoms with van der Waals surface area (Å²) in [6, 6.07) is 16.8. The monoisotopic (exact) mass is 695 g/mol. The summed E-state index contributed by atoms with van der Waals surface area (Å²) in [4.78, 5) is 34.2. The molecule has 5 aromatic heterocycles. The number of anilines is 5. The molecule has 262 valence electrons. The molecule has 8 rings (SSSR count). The van der Waals surface area contributed by atoms with Gasteiger partial charge in [-0.15, -0.1) is 0 Å². The van der Waals surface area contributed by atoms with E-state index in [1.54, 1.807) is 27.6 Å². The van der Waals surface area contributed by atoms with Crippen LogP contribution in [0.2, 0.25) is 0 Å². The predicted octanol–water partition coefficient (Wildman–Crippen LogP) is 3.89. The van der Waals surface area contributed by atoms with E-state index in [1.165, 1.54) is 7.05 Å². The summed E-state index contributed by atoms with van der Waals surface area (Å²) in [7, 11) is 10.0. The molecule has 2 aliphatic heterocycles. The average Bonchev–Trinajstić information content (AvgIpc) is 3.69. The minimum absolute atomic E-state index is 0.0267. The topological polar surface area (TPSA) is 167 Å². The zero-order chi connectivity index (χ0) is 36.5. The van der Waals surface area contributed by atoms with Crippen LogP contribution in [0, 0.1) is 20.8 Å². The standard InChI is InChI=1S/C36H38BN13O2/c1-19-13-29(41-22(4)40-19)44-30-15-32(50-31(45-30)14-20(2)46-50)43-26-10-7-9-24-25-16-39-49(33(25)21(3)47(6)34(24)26)23-17-48(18-23)36(37,52)28-12-8-11-27(42-28)35(51)38-5/h7-16,21,23,43,52H,17-18H2,1-6H3,(H,38,51)(H,40,41,44,45). The van der Waals surface area contributed by atoms with Crippen molar-refractivity contribution in [2.24, 2.45) is 0 Å². The number of aromatic nitrogens is 8. The van der Waals surface area contributed by atoms with E-state index in [-0.39, 0.29) is 29.4 Å². The summed E-state index contributed by atoms with van der Waals surface area (Å²) in [5.41, 5.74) is 6.03. The van der Waals surface area contributed by atoms with Crippen LogP contribution >= 0.6 is 0 Å². The zero-order valence-corrected chi connectivity index (χ0v) is 29.7. The lowest BCUT2D eigenvalue weighted by atomic mass is 9.82. The van der Waals surface area contributed by atoms with Crippen LogP contribution in [0.4, 0.5) is 28.8 Å². The van der Waals surface area contributed by atoms with Gasteiger partial charge < -0.3 is 26.0 Å². The number of aliphatic hydroxyl groups is 1. The molecule has 1 amide bonds. The Morgan fingerprint density at radius 1 is 0.942 bits per heavy atom. The van der Waals surface area contributed by atoms with Crippen molar-refractivity contribution >= 4 is 48.2 Å². The molecule has 1 saturated heterocycles. The Bertz CT molecular complexity index is 2340. The number of benzene rings is 1. The second kappa shape index (κ2) is 12.4. The lowest BCUT2D eigenvalue weighted by Crippen LogP contribution is -2.59. The van der Waals surface area contributed by atoms with E-state index in [2.05, 4.69) is 61.9 Å². The van der Waals surface area contributed by atoms with Gasteiger partial charge in [0.1, 0.15) is 42.4 Å². The second-order valence-corrected chi connectivity index (χ2v) is 13.4. The van der Waals surface area contributed by atoms with Gasteiger partial charge in [-0.1, -0.05) is 18.2 Å². The van der Waals surface area contributed by atoms with E-state index in [4.69, 9.17) is 23.0 Å². The fourth-order valence-electron chi connectivity index (χ4n) is 7.14. The number of fused-ring (bicyclic) bond motifs is 4. The number of pyridine rings is 1. The Morgan fingerprint density at radius 3 is 2.48 bits per heavy atom. The lowest BCUT2D eigenvalue weighted by molar-refractivity contribution is -0.104. The number of carbonyl (C=O) groups is 1. The molecule has 2 atom stereocenters. The second-order valence-electron chi connectivity index (χ2n) is 13.4. The van der Waals surface area contributed by atoms with Crippen molar-refractivity contribution in [3.8, 4) is 11.1 Å². The molecule has 15 nitrogen and oxygen atoms in total. The molecule has 52 heavy (non-hydrogen) atoms. The number of rotatable bonds is 8. The van der Waals surface area contributed by atoms with E-state index < -0.39 is 5.62 Å². The van der Waals surface area contributed by atoms with Gasteiger partial charge in [-0.3, -0.25) is 14.4 Å². The summed E-state index contributed by atoms with van der Waals surface area (Å²) in [6.45, 7) is 8.80. The molecule has 4 N–H and O–H groups in total. The lowest BCUT2D eigenvalue weighted by Gasteiger charge is -2.49. The molecule has 2 unspecified atom stereocenters. The number of nitrogens with zero attached hydrogens (tertiary/aromatic N) is 10. The summed E-state index contributed by atoms with van der Waals surface area (Å²) in [6.07, 6.45) is 1.92. The fraction of sp³-hybridized carbons (Fsp3) is 0.306. The van der Waals surface area contributed by atoms with Gasteiger partial charge in [0.05, 0.1) is 46.7 Å². The first-order valence-electron chi connectivity index (χ1n) is 17.0. The van der Waals surface area contributed by atoms with Crippen LogP contribution in [-0.4, -0.2) is 90.3 Å². The molecule has 7 heterocycles. The fourth-order valence-corrected chi connectivity index (χ4v) is 7.14. The first-order chi connectivity index (χ1) is 24.9. The van der Waals surface area contributed by atoms with E-state index in [1.807, 2.05) is 55.9 Å². The molecule has 0 aliphatic carbocycles. The first kappa shape index (κ1) is 33.3. The van der Waals surface area contributed by atoms with Gasteiger partial charge in [-0.2, -0.15) is 14.7 Å². The van der Waals surface area contributed by atoms with Gasteiger partial charge in [0.25, 0.3) is 5.91 Å².